The predicted octanol–water partition coefficient (Wildman–Crippen LogP) is 2.70. The first-order valence-electron chi connectivity index (χ1n) is 13.7. The van der Waals surface area contributed by atoms with E-state index in [1.54, 1.807) is 37.9 Å². The van der Waals surface area contributed by atoms with Crippen LogP contribution in [-0.2, 0) is 4.74 Å². The molecular formula is C31H33N7O3. The number of hydrogen-bond donors (Lipinski definition) is 2. The summed E-state index contributed by atoms with van der Waals surface area (Å²) in [6.07, 6.45) is 10.1. The standard InChI is InChI=1S/C31H33N7O3/c1-31(2,39)20-41-27-11-28(30-23(12-32)15-35-38(30)19-27)22-6-7-29(34-14-22)36-17-24-10-25(18-36)37(24)8-4-5-21-9-26(40-3)16-33-13-21/h6-7,9,11,14-16,19,24-25,33,39H,8,10,13,17-18,20H2,1-3H3. The van der Waals surface area contributed by atoms with Crippen LogP contribution in [0, 0.1) is 23.2 Å². The summed E-state index contributed by atoms with van der Waals surface area (Å²) in [6, 6.07) is 9.10. The third-order valence-electron chi connectivity index (χ3n) is 7.63. The molecule has 2 N–H and O–H groups in total. The van der Waals surface area contributed by atoms with E-state index in [9.17, 15) is 10.4 Å². The molecule has 3 aromatic rings. The molecule has 0 spiro atoms. The van der Waals surface area contributed by atoms with Gasteiger partial charge in [0.1, 0.15) is 30.0 Å². The smallest absolute Gasteiger partial charge is 0.138 e. The van der Waals surface area contributed by atoms with E-state index in [0.29, 0.717) is 28.9 Å². The molecule has 10 nitrogen and oxygen atoms in total. The SMILES string of the molecule is COC1=CNCC(C#CCN2C3CC2CN(c2ccc(-c4cc(OCC(C)(C)O)cn5ncc(C#N)c45)cn2)C3)=C1. The molecule has 0 saturated carbocycles. The fraction of sp³-hybridized carbons (Fsp3) is 0.387. The summed E-state index contributed by atoms with van der Waals surface area (Å²) in [5, 5.41) is 27.3. The van der Waals surface area contributed by atoms with Crippen molar-refractivity contribution in [3.05, 3.63) is 66.0 Å². The maximum atomic E-state index is 10.1. The van der Waals surface area contributed by atoms with Crippen LogP contribution in [0.25, 0.3) is 16.6 Å². The average Bonchev–Trinajstić information content (AvgIpc) is 3.41. The molecule has 4 aliphatic heterocycles. The molecule has 2 bridgehead atoms. The van der Waals surface area contributed by atoms with E-state index in [1.165, 1.54) is 6.42 Å². The molecule has 3 aromatic heterocycles. The van der Waals surface area contributed by atoms with Crippen LogP contribution in [0.1, 0.15) is 25.8 Å². The first kappa shape index (κ1) is 26.7. The van der Waals surface area contributed by atoms with Crippen molar-refractivity contribution in [3.63, 3.8) is 0 Å². The highest BCUT2D eigenvalue weighted by molar-refractivity contribution is 5.85. The number of nitriles is 1. The van der Waals surface area contributed by atoms with E-state index in [2.05, 4.69) is 38.1 Å². The Hall–Kier alpha value is -4.51. The Morgan fingerprint density at radius 2 is 2.05 bits per heavy atom. The Bertz CT molecular complexity index is 1600. The lowest BCUT2D eigenvalue weighted by Crippen LogP contribution is -2.68. The number of piperazine rings is 1. The van der Waals surface area contributed by atoms with E-state index >= 15 is 0 Å². The highest BCUT2D eigenvalue weighted by atomic mass is 16.5. The van der Waals surface area contributed by atoms with Gasteiger partial charge in [-0.3, -0.25) is 4.90 Å². The minimum absolute atomic E-state index is 0.128. The molecule has 7 rings (SSSR count). The Morgan fingerprint density at radius 1 is 1.22 bits per heavy atom. The molecule has 2 atom stereocenters. The molecule has 7 heterocycles. The molecule has 0 amide bonds. The van der Waals surface area contributed by atoms with Gasteiger partial charge in [0.05, 0.1) is 42.7 Å². The number of piperidine rings is 1. The number of aromatic nitrogens is 3. The van der Waals surface area contributed by atoms with Crippen molar-refractivity contribution in [1.82, 2.24) is 24.8 Å². The van der Waals surface area contributed by atoms with Crippen LogP contribution in [0.3, 0.4) is 0 Å². The zero-order valence-electron chi connectivity index (χ0n) is 23.5. The number of pyridine rings is 2. The highest BCUT2D eigenvalue weighted by Crippen LogP contribution is 2.35. The minimum atomic E-state index is -0.978. The molecule has 210 valence electrons. The zero-order valence-corrected chi connectivity index (χ0v) is 23.5. The summed E-state index contributed by atoms with van der Waals surface area (Å²) >= 11 is 0. The Labute approximate surface area is 239 Å². The fourth-order valence-electron chi connectivity index (χ4n) is 5.57. The first-order valence-corrected chi connectivity index (χ1v) is 13.7. The monoisotopic (exact) mass is 551 g/mol. The number of nitrogens with zero attached hydrogens (tertiary/aromatic N) is 6. The van der Waals surface area contributed by atoms with Crippen LogP contribution in [0.15, 0.2) is 60.4 Å². The number of nitrogens with one attached hydrogen (secondary N) is 1. The van der Waals surface area contributed by atoms with Gasteiger partial charge in [-0.05, 0) is 44.5 Å². The van der Waals surface area contributed by atoms with Crippen LogP contribution < -0.4 is 15.0 Å². The van der Waals surface area contributed by atoms with Crippen molar-refractivity contribution in [3.8, 4) is 34.8 Å². The molecule has 0 aromatic carbocycles. The molecule has 41 heavy (non-hydrogen) atoms. The Morgan fingerprint density at radius 3 is 2.76 bits per heavy atom. The van der Waals surface area contributed by atoms with Crippen molar-refractivity contribution in [2.45, 2.75) is 38.0 Å². The van der Waals surface area contributed by atoms with Gasteiger partial charge in [0, 0.05) is 60.8 Å². The summed E-state index contributed by atoms with van der Waals surface area (Å²) in [7, 11) is 1.66. The number of methoxy groups -OCH3 is 1. The number of aliphatic hydroxyl groups is 1. The second-order valence-corrected chi connectivity index (χ2v) is 11.3. The van der Waals surface area contributed by atoms with Crippen molar-refractivity contribution < 1.29 is 14.6 Å². The van der Waals surface area contributed by atoms with Crippen molar-refractivity contribution in [1.29, 1.82) is 5.26 Å². The van der Waals surface area contributed by atoms with E-state index in [1.807, 2.05) is 36.7 Å². The predicted molar refractivity (Wildman–Crippen MR) is 155 cm³/mol. The number of anilines is 1. The molecule has 4 aliphatic rings. The van der Waals surface area contributed by atoms with Crippen LogP contribution in [-0.4, -0.2) is 82.2 Å². The van der Waals surface area contributed by atoms with Crippen molar-refractivity contribution in [2.75, 3.05) is 44.8 Å². The summed E-state index contributed by atoms with van der Waals surface area (Å²) in [5.74, 6) is 8.92. The summed E-state index contributed by atoms with van der Waals surface area (Å²) in [6.45, 7) is 6.82. The van der Waals surface area contributed by atoms with Crippen LogP contribution in [0.4, 0.5) is 5.82 Å². The van der Waals surface area contributed by atoms with Crippen LogP contribution in [0.2, 0.25) is 0 Å². The van der Waals surface area contributed by atoms with Crippen molar-refractivity contribution in [2.24, 2.45) is 0 Å². The second kappa shape index (κ2) is 10.8. The highest BCUT2D eigenvalue weighted by Gasteiger charge is 2.44. The lowest BCUT2D eigenvalue weighted by molar-refractivity contribution is 0.0125. The fourth-order valence-corrected chi connectivity index (χ4v) is 5.57. The molecule has 0 aliphatic carbocycles. The van der Waals surface area contributed by atoms with E-state index in [4.69, 9.17) is 14.5 Å². The second-order valence-electron chi connectivity index (χ2n) is 11.3. The van der Waals surface area contributed by atoms with Gasteiger partial charge in [-0.15, -0.1) is 0 Å². The van der Waals surface area contributed by atoms with Crippen LogP contribution in [0.5, 0.6) is 5.75 Å². The van der Waals surface area contributed by atoms with E-state index in [0.717, 1.165) is 54.5 Å². The molecule has 3 saturated heterocycles. The minimum Gasteiger partial charge on any atom is -0.495 e. The maximum Gasteiger partial charge on any atom is 0.138 e. The number of hydrogen-bond acceptors (Lipinski definition) is 9. The Balaban J connectivity index is 1.15. The van der Waals surface area contributed by atoms with Gasteiger partial charge in [0.2, 0.25) is 0 Å². The number of dihydropyridines is 1. The van der Waals surface area contributed by atoms with Gasteiger partial charge in [-0.1, -0.05) is 11.8 Å². The number of rotatable bonds is 7. The van der Waals surface area contributed by atoms with Crippen LogP contribution >= 0.6 is 0 Å². The molecule has 3 fully saturated rings. The summed E-state index contributed by atoms with van der Waals surface area (Å²) in [5.41, 5.74) is 2.89. The third kappa shape index (κ3) is 5.58. The quantitative estimate of drug-likeness (QED) is 0.428. The van der Waals surface area contributed by atoms with Gasteiger partial charge >= 0.3 is 0 Å². The largest absolute Gasteiger partial charge is 0.495 e. The number of fused-ring (bicyclic) bond motifs is 3. The third-order valence-corrected chi connectivity index (χ3v) is 7.63. The number of allylic oxidation sites excluding steroid dienone is 1. The Kier molecular flexibility index (Phi) is 7.04. The van der Waals surface area contributed by atoms with Gasteiger partial charge in [-0.2, -0.15) is 10.4 Å². The first-order chi connectivity index (χ1) is 19.8. The summed E-state index contributed by atoms with van der Waals surface area (Å²) in [4.78, 5) is 9.64. The molecular weight excluding hydrogens is 518 g/mol. The van der Waals surface area contributed by atoms with Gasteiger partial charge in [0.15, 0.2) is 0 Å². The lowest BCUT2D eigenvalue weighted by atomic mass is 9.87. The number of ether oxygens (including phenoxy) is 2. The lowest BCUT2D eigenvalue weighted by Gasteiger charge is -2.56. The molecule has 10 heteroatoms. The van der Waals surface area contributed by atoms with E-state index in [-0.39, 0.29) is 6.61 Å². The topological polar surface area (TPSA) is 111 Å². The van der Waals surface area contributed by atoms with Gasteiger partial charge in [-0.25, -0.2) is 9.50 Å². The molecule has 0 radical (unpaired) electrons. The van der Waals surface area contributed by atoms with Gasteiger partial charge < -0.3 is 24.8 Å². The van der Waals surface area contributed by atoms with Crippen molar-refractivity contribution >= 4 is 11.3 Å². The zero-order chi connectivity index (χ0) is 28.6. The van der Waals surface area contributed by atoms with E-state index < -0.39 is 5.60 Å². The maximum absolute atomic E-state index is 10.1. The van der Waals surface area contributed by atoms with Gasteiger partial charge in [0.25, 0.3) is 0 Å². The summed E-state index contributed by atoms with van der Waals surface area (Å²) < 4.78 is 12.8. The normalized spacial score (nSPS) is 20.1. The average molecular weight is 552 g/mol. The molecule has 2 unspecified atom stereocenters.